The van der Waals surface area contributed by atoms with Crippen molar-refractivity contribution < 1.29 is 4.79 Å². The first-order valence-corrected chi connectivity index (χ1v) is 6.50. The van der Waals surface area contributed by atoms with Crippen molar-refractivity contribution in [3.8, 4) is 0 Å². The highest BCUT2D eigenvalue weighted by Crippen LogP contribution is 2.35. The standard InChI is InChI=1S/C10H8OS3/c1-13-9-4-6-2-3-8(12)7(5-11)10(6)14-9/h2-5,12H,1H3. The molecule has 0 saturated carbocycles. The van der Waals surface area contributed by atoms with Gasteiger partial charge in [0.05, 0.1) is 4.21 Å². The second-order valence-electron chi connectivity index (χ2n) is 2.80. The molecule has 0 radical (unpaired) electrons. The highest BCUT2D eigenvalue weighted by molar-refractivity contribution is 8.00. The molecule has 0 unspecified atom stereocenters. The van der Waals surface area contributed by atoms with Crippen LogP contribution in [0.5, 0.6) is 0 Å². The van der Waals surface area contributed by atoms with E-state index in [0.29, 0.717) is 5.56 Å². The first kappa shape index (κ1) is 10.1. The Labute approximate surface area is 95.9 Å². The molecule has 1 aromatic heterocycles. The van der Waals surface area contributed by atoms with E-state index in [9.17, 15) is 4.79 Å². The SMILES string of the molecule is CSc1cc2ccc(S)c(C=O)c2s1. The molecule has 1 nitrogen and oxygen atoms in total. The van der Waals surface area contributed by atoms with Crippen LogP contribution in [0.25, 0.3) is 10.1 Å². The Balaban J connectivity index is 2.79. The lowest BCUT2D eigenvalue weighted by molar-refractivity contribution is 0.112. The van der Waals surface area contributed by atoms with E-state index in [1.54, 1.807) is 23.1 Å². The number of thioether (sulfide) groups is 1. The number of rotatable bonds is 2. The minimum atomic E-state index is 0.705. The van der Waals surface area contributed by atoms with Gasteiger partial charge in [-0.05, 0) is 23.8 Å². The number of aldehydes is 1. The summed E-state index contributed by atoms with van der Waals surface area (Å²) in [5, 5.41) is 1.12. The summed E-state index contributed by atoms with van der Waals surface area (Å²) < 4.78 is 2.26. The van der Waals surface area contributed by atoms with E-state index in [-0.39, 0.29) is 0 Å². The molecule has 2 rings (SSSR count). The monoisotopic (exact) mass is 240 g/mol. The van der Waals surface area contributed by atoms with Crippen molar-refractivity contribution in [2.24, 2.45) is 0 Å². The summed E-state index contributed by atoms with van der Waals surface area (Å²) in [6.45, 7) is 0. The van der Waals surface area contributed by atoms with Gasteiger partial charge in [-0.15, -0.1) is 35.7 Å². The average molecular weight is 240 g/mol. The lowest BCUT2D eigenvalue weighted by Gasteiger charge is -1.97. The van der Waals surface area contributed by atoms with Gasteiger partial charge in [-0.3, -0.25) is 4.79 Å². The number of thiol groups is 1. The molecular weight excluding hydrogens is 232 g/mol. The number of carbonyl (C=O) groups is 1. The largest absolute Gasteiger partial charge is 0.298 e. The maximum absolute atomic E-state index is 10.9. The molecule has 0 aliphatic rings. The minimum absolute atomic E-state index is 0.705. The molecule has 0 aliphatic carbocycles. The minimum Gasteiger partial charge on any atom is -0.298 e. The van der Waals surface area contributed by atoms with E-state index in [1.165, 1.54) is 4.21 Å². The van der Waals surface area contributed by atoms with Gasteiger partial charge in [0.1, 0.15) is 0 Å². The highest BCUT2D eigenvalue weighted by Gasteiger charge is 2.08. The van der Waals surface area contributed by atoms with E-state index >= 15 is 0 Å². The van der Waals surface area contributed by atoms with E-state index in [4.69, 9.17) is 0 Å². The van der Waals surface area contributed by atoms with Crippen molar-refractivity contribution in [2.45, 2.75) is 9.10 Å². The Bertz CT molecular complexity index is 487. The van der Waals surface area contributed by atoms with Gasteiger partial charge in [0.25, 0.3) is 0 Å². The van der Waals surface area contributed by atoms with Crippen LogP contribution >= 0.6 is 35.7 Å². The number of fused-ring (bicyclic) bond motifs is 1. The fourth-order valence-electron chi connectivity index (χ4n) is 1.31. The quantitative estimate of drug-likeness (QED) is 0.489. The first-order valence-electron chi connectivity index (χ1n) is 4.01. The summed E-state index contributed by atoms with van der Waals surface area (Å²) in [4.78, 5) is 11.6. The Morgan fingerprint density at radius 2 is 2.29 bits per heavy atom. The van der Waals surface area contributed by atoms with Gasteiger partial charge in [0.15, 0.2) is 6.29 Å². The third-order valence-corrected chi connectivity index (χ3v) is 4.64. The van der Waals surface area contributed by atoms with Crippen molar-refractivity contribution in [3.63, 3.8) is 0 Å². The highest BCUT2D eigenvalue weighted by atomic mass is 32.2. The molecule has 4 heteroatoms. The summed E-state index contributed by atoms with van der Waals surface area (Å²) in [7, 11) is 0. The van der Waals surface area contributed by atoms with Crippen LogP contribution in [0, 0.1) is 0 Å². The summed E-state index contributed by atoms with van der Waals surface area (Å²) in [5.74, 6) is 0. The Kier molecular flexibility index (Phi) is 2.85. The maximum Gasteiger partial charge on any atom is 0.152 e. The lowest BCUT2D eigenvalue weighted by atomic mass is 10.2. The second-order valence-corrected chi connectivity index (χ2v) is 5.44. The molecule has 2 aromatic rings. The lowest BCUT2D eigenvalue weighted by Crippen LogP contribution is -1.81. The van der Waals surface area contributed by atoms with Crippen LogP contribution in [0.4, 0.5) is 0 Å². The number of thiophene rings is 1. The van der Waals surface area contributed by atoms with Gasteiger partial charge in [0, 0.05) is 15.2 Å². The van der Waals surface area contributed by atoms with Crippen LogP contribution in [0.2, 0.25) is 0 Å². The molecule has 0 amide bonds. The van der Waals surface area contributed by atoms with Gasteiger partial charge >= 0.3 is 0 Å². The molecule has 0 aliphatic heterocycles. The molecule has 0 saturated heterocycles. The van der Waals surface area contributed by atoms with Gasteiger partial charge in [-0.2, -0.15) is 0 Å². The Morgan fingerprint density at radius 1 is 1.50 bits per heavy atom. The first-order chi connectivity index (χ1) is 6.76. The molecule has 0 fully saturated rings. The van der Waals surface area contributed by atoms with Crippen LogP contribution in [0.1, 0.15) is 10.4 Å². The van der Waals surface area contributed by atoms with E-state index in [1.807, 2.05) is 18.4 Å². The fourth-order valence-corrected chi connectivity index (χ4v) is 3.35. The summed E-state index contributed by atoms with van der Waals surface area (Å²) in [6, 6.07) is 5.97. The molecule has 0 atom stereocenters. The number of hydrogen-bond acceptors (Lipinski definition) is 4. The zero-order chi connectivity index (χ0) is 10.1. The number of benzene rings is 1. The molecular formula is C10H8OS3. The van der Waals surface area contributed by atoms with Crippen LogP contribution in [-0.4, -0.2) is 12.5 Å². The van der Waals surface area contributed by atoms with Crippen LogP contribution in [0.15, 0.2) is 27.3 Å². The van der Waals surface area contributed by atoms with E-state index < -0.39 is 0 Å². The predicted molar refractivity (Wildman–Crippen MR) is 66.2 cm³/mol. The van der Waals surface area contributed by atoms with Gasteiger partial charge in [0.2, 0.25) is 0 Å². The molecule has 14 heavy (non-hydrogen) atoms. The topological polar surface area (TPSA) is 17.1 Å². The molecule has 0 spiro atoms. The zero-order valence-corrected chi connectivity index (χ0v) is 10.0. The van der Waals surface area contributed by atoms with Crippen LogP contribution in [0.3, 0.4) is 0 Å². The third kappa shape index (κ3) is 1.58. The summed E-state index contributed by atoms with van der Waals surface area (Å²) in [5.41, 5.74) is 0.705. The summed E-state index contributed by atoms with van der Waals surface area (Å²) in [6.07, 6.45) is 2.91. The summed E-state index contributed by atoms with van der Waals surface area (Å²) >= 11 is 7.60. The molecule has 0 bridgehead atoms. The maximum atomic E-state index is 10.9. The average Bonchev–Trinajstić information content (AvgIpc) is 2.60. The van der Waals surface area contributed by atoms with Gasteiger partial charge in [-0.25, -0.2) is 0 Å². The molecule has 1 heterocycles. The Morgan fingerprint density at radius 3 is 2.93 bits per heavy atom. The van der Waals surface area contributed by atoms with Crippen molar-refractivity contribution in [1.82, 2.24) is 0 Å². The van der Waals surface area contributed by atoms with Crippen molar-refractivity contribution in [3.05, 3.63) is 23.8 Å². The van der Waals surface area contributed by atoms with Gasteiger partial charge in [-0.1, -0.05) is 6.07 Å². The predicted octanol–water partition coefficient (Wildman–Crippen LogP) is 3.72. The van der Waals surface area contributed by atoms with E-state index in [0.717, 1.165) is 21.3 Å². The number of carbonyl (C=O) groups excluding carboxylic acids is 1. The number of hydrogen-bond donors (Lipinski definition) is 1. The normalized spacial score (nSPS) is 10.7. The smallest absolute Gasteiger partial charge is 0.152 e. The zero-order valence-electron chi connectivity index (χ0n) is 7.48. The van der Waals surface area contributed by atoms with Crippen molar-refractivity contribution >= 4 is 52.1 Å². The second kappa shape index (κ2) is 3.96. The molecule has 72 valence electrons. The third-order valence-electron chi connectivity index (χ3n) is 2.00. The van der Waals surface area contributed by atoms with Crippen molar-refractivity contribution in [2.75, 3.05) is 6.26 Å². The van der Waals surface area contributed by atoms with Crippen LogP contribution in [-0.2, 0) is 0 Å². The van der Waals surface area contributed by atoms with Crippen molar-refractivity contribution in [1.29, 1.82) is 0 Å². The van der Waals surface area contributed by atoms with Gasteiger partial charge < -0.3 is 0 Å². The fraction of sp³-hybridized carbons (Fsp3) is 0.100. The van der Waals surface area contributed by atoms with E-state index in [2.05, 4.69) is 18.7 Å². The van der Waals surface area contributed by atoms with Crippen LogP contribution < -0.4 is 0 Å². The molecule has 1 aromatic carbocycles. The molecule has 0 N–H and O–H groups in total. The Hall–Kier alpha value is -0.450.